The molecule has 1 aromatic heterocycles. The Morgan fingerprint density at radius 2 is 1.74 bits per heavy atom. The fourth-order valence-corrected chi connectivity index (χ4v) is 4.18. The first kappa shape index (κ1) is 19.1. The van der Waals surface area contributed by atoms with Gasteiger partial charge in [0.05, 0.1) is 12.6 Å². The minimum atomic E-state index is -3.85. The average molecular weight is 386 g/mol. The van der Waals surface area contributed by atoms with Crippen molar-refractivity contribution in [3.63, 3.8) is 0 Å². The normalized spacial score (nSPS) is 11.7. The Hall–Kier alpha value is -2.64. The Labute approximate surface area is 158 Å². The van der Waals surface area contributed by atoms with Crippen molar-refractivity contribution in [3.05, 3.63) is 69.0 Å². The van der Waals surface area contributed by atoms with Crippen molar-refractivity contribution < 1.29 is 13.2 Å². The summed E-state index contributed by atoms with van der Waals surface area (Å²) in [5.74, 6) is 0.272. The predicted octanol–water partition coefficient (Wildman–Crippen LogP) is 2.94. The van der Waals surface area contributed by atoms with Crippen LogP contribution in [0.3, 0.4) is 0 Å². The van der Waals surface area contributed by atoms with E-state index in [0.717, 1.165) is 27.6 Å². The number of benzene rings is 2. The molecule has 0 radical (unpaired) electrons. The summed E-state index contributed by atoms with van der Waals surface area (Å²) < 4.78 is 33.3. The highest BCUT2D eigenvalue weighted by atomic mass is 32.2. The first-order valence-corrected chi connectivity index (χ1v) is 9.97. The summed E-state index contributed by atoms with van der Waals surface area (Å²) in [7, 11) is -2.42. The molecule has 0 atom stereocenters. The number of hydrogen-bond donors (Lipinski definition) is 2. The second kappa shape index (κ2) is 7.17. The van der Waals surface area contributed by atoms with Gasteiger partial charge in [-0.25, -0.2) is 13.1 Å². The summed E-state index contributed by atoms with van der Waals surface area (Å²) in [5.41, 5.74) is 3.52. The molecule has 3 aromatic rings. The first-order chi connectivity index (χ1) is 12.7. The Morgan fingerprint density at radius 3 is 2.44 bits per heavy atom. The van der Waals surface area contributed by atoms with Crippen LogP contribution < -0.4 is 15.0 Å². The standard InChI is InChI=1S/C20H22N2O4S/c1-12-6-5-7-15-10-16(20(23)22-19(12)15)11-21-27(24,25)18-9-14(3)13(2)8-17(18)26-4/h5-10,21H,11H2,1-4H3,(H,22,23). The van der Waals surface area contributed by atoms with Gasteiger partial charge in [0, 0.05) is 12.1 Å². The number of sulfonamides is 1. The number of para-hydroxylation sites is 1. The fourth-order valence-electron chi connectivity index (χ4n) is 2.94. The minimum absolute atomic E-state index is 0.0566. The van der Waals surface area contributed by atoms with E-state index >= 15 is 0 Å². The molecule has 0 aliphatic carbocycles. The number of nitrogens with one attached hydrogen (secondary N) is 2. The maximum Gasteiger partial charge on any atom is 0.252 e. The van der Waals surface area contributed by atoms with Crippen molar-refractivity contribution in [1.29, 1.82) is 0 Å². The summed E-state index contributed by atoms with van der Waals surface area (Å²) in [5, 5.41) is 0.854. The van der Waals surface area contributed by atoms with E-state index < -0.39 is 10.0 Å². The van der Waals surface area contributed by atoms with Gasteiger partial charge < -0.3 is 9.72 Å². The molecule has 0 saturated carbocycles. The quantitative estimate of drug-likeness (QED) is 0.706. The van der Waals surface area contributed by atoms with Crippen molar-refractivity contribution in [2.45, 2.75) is 32.2 Å². The molecule has 1 heterocycles. The van der Waals surface area contributed by atoms with Crippen LogP contribution in [-0.2, 0) is 16.6 Å². The highest BCUT2D eigenvalue weighted by molar-refractivity contribution is 7.89. The average Bonchev–Trinajstić information content (AvgIpc) is 2.62. The molecule has 142 valence electrons. The van der Waals surface area contributed by atoms with Crippen LogP contribution in [0.25, 0.3) is 10.9 Å². The number of H-pyrrole nitrogens is 1. The smallest absolute Gasteiger partial charge is 0.252 e. The summed E-state index contributed by atoms with van der Waals surface area (Å²) >= 11 is 0. The largest absolute Gasteiger partial charge is 0.495 e. The van der Waals surface area contributed by atoms with Crippen molar-refractivity contribution in [3.8, 4) is 5.75 Å². The topological polar surface area (TPSA) is 88.3 Å². The van der Waals surface area contributed by atoms with E-state index in [0.29, 0.717) is 5.56 Å². The molecule has 2 aromatic carbocycles. The van der Waals surface area contributed by atoms with Gasteiger partial charge in [0.25, 0.3) is 5.56 Å². The van der Waals surface area contributed by atoms with Crippen molar-refractivity contribution in [2.24, 2.45) is 0 Å². The van der Waals surface area contributed by atoms with E-state index in [1.165, 1.54) is 7.11 Å². The molecule has 3 rings (SSSR count). The molecule has 27 heavy (non-hydrogen) atoms. The van der Waals surface area contributed by atoms with Crippen LogP contribution in [0.1, 0.15) is 22.3 Å². The van der Waals surface area contributed by atoms with Crippen LogP contribution in [0.2, 0.25) is 0 Å². The Bertz CT molecular complexity index is 1180. The molecule has 7 heteroatoms. The van der Waals surface area contributed by atoms with Crippen LogP contribution >= 0.6 is 0 Å². The molecule has 0 aliphatic rings. The van der Waals surface area contributed by atoms with Gasteiger partial charge in [0.2, 0.25) is 10.0 Å². The van der Waals surface area contributed by atoms with Crippen LogP contribution in [0.15, 0.2) is 46.1 Å². The van der Waals surface area contributed by atoms with Crippen LogP contribution in [0, 0.1) is 20.8 Å². The molecule has 0 unspecified atom stereocenters. The summed E-state index contributed by atoms with van der Waals surface area (Å²) in [6.07, 6.45) is 0. The number of rotatable bonds is 5. The molecular formula is C20H22N2O4S. The maximum absolute atomic E-state index is 12.8. The number of aryl methyl sites for hydroxylation is 3. The molecule has 0 fully saturated rings. The summed E-state index contributed by atoms with van der Waals surface area (Å²) in [6, 6.07) is 10.7. The van der Waals surface area contributed by atoms with Gasteiger partial charge >= 0.3 is 0 Å². The Morgan fingerprint density at radius 1 is 1.04 bits per heavy atom. The molecule has 2 N–H and O–H groups in total. The first-order valence-electron chi connectivity index (χ1n) is 8.49. The van der Waals surface area contributed by atoms with Crippen molar-refractivity contribution in [2.75, 3.05) is 7.11 Å². The molecular weight excluding hydrogens is 364 g/mol. The number of fused-ring (bicyclic) bond motifs is 1. The van der Waals surface area contributed by atoms with Gasteiger partial charge in [-0.05, 0) is 61.0 Å². The lowest BCUT2D eigenvalue weighted by molar-refractivity contribution is 0.401. The fraction of sp³-hybridized carbons (Fsp3) is 0.250. The molecule has 6 nitrogen and oxygen atoms in total. The maximum atomic E-state index is 12.8. The molecule has 0 aliphatic heterocycles. The third-order valence-corrected chi connectivity index (χ3v) is 6.11. The molecule has 0 saturated heterocycles. The molecule has 0 spiro atoms. The number of hydrogen-bond acceptors (Lipinski definition) is 4. The summed E-state index contributed by atoms with van der Waals surface area (Å²) in [4.78, 5) is 15.2. The zero-order chi connectivity index (χ0) is 19.8. The van der Waals surface area contributed by atoms with Crippen LogP contribution in [0.5, 0.6) is 5.75 Å². The number of aromatic nitrogens is 1. The number of methoxy groups -OCH3 is 1. The zero-order valence-electron chi connectivity index (χ0n) is 15.7. The highest BCUT2D eigenvalue weighted by Crippen LogP contribution is 2.27. The van der Waals surface area contributed by atoms with E-state index in [2.05, 4.69) is 9.71 Å². The van der Waals surface area contributed by atoms with Crippen molar-refractivity contribution >= 4 is 20.9 Å². The van der Waals surface area contributed by atoms with Crippen LogP contribution in [-0.4, -0.2) is 20.5 Å². The second-order valence-electron chi connectivity index (χ2n) is 6.57. The third-order valence-electron chi connectivity index (χ3n) is 4.69. The van der Waals surface area contributed by atoms with Gasteiger partial charge in [-0.15, -0.1) is 0 Å². The monoisotopic (exact) mass is 386 g/mol. The number of pyridine rings is 1. The van der Waals surface area contributed by atoms with E-state index in [9.17, 15) is 13.2 Å². The Balaban J connectivity index is 1.95. The van der Waals surface area contributed by atoms with E-state index in [-0.39, 0.29) is 22.7 Å². The van der Waals surface area contributed by atoms with Gasteiger partial charge in [-0.3, -0.25) is 4.79 Å². The second-order valence-corrected chi connectivity index (χ2v) is 8.31. The summed E-state index contributed by atoms with van der Waals surface area (Å²) in [6.45, 7) is 5.52. The molecule has 0 amide bonds. The third kappa shape index (κ3) is 3.74. The SMILES string of the molecule is COc1cc(C)c(C)cc1S(=O)(=O)NCc1cc2cccc(C)c2[nH]c1=O. The van der Waals surface area contributed by atoms with E-state index in [1.807, 2.05) is 39.0 Å². The lowest BCUT2D eigenvalue weighted by Crippen LogP contribution is -2.27. The van der Waals surface area contributed by atoms with Gasteiger partial charge in [-0.1, -0.05) is 18.2 Å². The minimum Gasteiger partial charge on any atom is -0.495 e. The zero-order valence-corrected chi connectivity index (χ0v) is 16.5. The van der Waals surface area contributed by atoms with Gasteiger partial charge in [0.15, 0.2) is 0 Å². The number of ether oxygens (including phenoxy) is 1. The molecule has 0 bridgehead atoms. The Kier molecular flexibility index (Phi) is 5.08. The number of aromatic amines is 1. The van der Waals surface area contributed by atoms with E-state index in [4.69, 9.17) is 4.74 Å². The van der Waals surface area contributed by atoms with Gasteiger partial charge in [0.1, 0.15) is 10.6 Å². The van der Waals surface area contributed by atoms with Gasteiger partial charge in [-0.2, -0.15) is 0 Å². The van der Waals surface area contributed by atoms with Crippen molar-refractivity contribution in [1.82, 2.24) is 9.71 Å². The van der Waals surface area contributed by atoms with Crippen LogP contribution in [0.4, 0.5) is 0 Å². The van der Waals surface area contributed by atoms with E-state index in [1.54, 1.807) is 18.2 Å². The lowest BCUT2D eigenvalue weighted by Gasteiger charge is -2.13. The predicted molar refractivity (Wildman–Crippen MR) is 106 cm³/mol. The lowest BCUT2D eigenvalue weighted by atomic mass is 10.1. The highest BCUT2D eigenvalue weighted by Gasteiger charge is 2.21.